The minimum absolute atomic E-state index is 0.117. The van der Waals surface area contributed by atoms with Crippen LogP contribution in [0.5, 0.6) is 0 Å². The number of rotatable bonds is 14. The average Bonchev–Trinajstić information content (AvgIpc) is 3.90. The number of likely N-dealkylation sites (tertiary alicyclic amines) is 1. The van der Waals surface area contributed by atoms with E-state index >= 15 is 0 Å². The van der Waals surface area contributed by atoms with Crippen molar-refractivity contribution in [1.82, 2.24) is 35.3 Å². The van der Waals surface area contributed by atoms with Crippen LogP contribution in [0, 0.1) is 5.41 Å². The van der Waals surface area contributed by atoms with Gasteiger partial charge in [0, 0.05) is 31.5 Å². The Morgan fingerprint density at radius 2 is 1.65 bits per heavy atom. The number of ether oxygens (including phenoxy) is 1. The highest BCUT2D eigenvalue weighted by atomic mass is 16.6. The number of benzene rings is 3. The number of anilines is 1. The first-order valence-corrected chi connectivity index (χ1v) is 17.9. The third-order valence-electron chi connectivity index (χ3n) is 10.4. The average molecular weight is 709 g/mol. The zero-order valence-electron chi connectivity index (χ0n) is 30.2. The lowest BCUT2D eigenvalue weighted by Crippen LogP contribution is -2.60. The molecule has 6 rings (SSSR count). The van der Waals surface area contributed by atoms with Crippen molar-refractivity contribution < 1.29 is 24.2 Å². The molecule has 1 aromatic heterocycles. The van der Waals surface area contributed by atoms with Gasteiger partial charge in [-0.2, -0.15) is 0 Å². The van der Waals surface area contributed by atoms with Gasteiger partial charge in [0.1, 0.15) is 18.7 Å². The molecule has 274 valence electrons. The highest BCUT2D eigenvalue weighted by Crippen LogP contribution is 2.44. The van der Waals surface area contributed by atoms with E-state index in [0.717, 1.165) is 41.5 Å². The first-order valence-electron chi connectivity index (χ1n) is 17.9. The van der Waals surface area contributed by atoms with Crippen molar-refractivity contribution >= 4 is 23.9 Å². The predicted octanol–water partition coefficient (Wildman–Crippen LogP) is 4.09. The zero-order valence-corrected chi connectivity index (χ0v) is 30.2. The van der Waals surface area contributed by atoms with Gasteiger partial charge in [-0.15, -0.1) is 0 Å². The molecule has 0 unspecified atom stereocenters. The van der Waals surface area contributed by atoms with Gasteiger partial charge in [-0.3, -0.25) is 14.5 Å². The molecule has 0 radical (unpaired) electrons. The molecule has 1 saturated heterocycles. The minimum atomic E-state index is -1.05. The van der Waals surface area contributed by atoms with Gasteiger partial charge < -0.3 is 25.4 Å². The Hall–Kier alpha value is -5.30. The van der Waals surface area contributed by atoms with Crippen LogP contribution in [0.3, 0.4) is 0 Å². The Balaban J connectivity index is 1.07. The molecular formula is C39H48N8O5. The highest BCUT2D eigenvalue weighted by molar-refractivity contribution is 5.92. The van der Waals surface area contributed by atoms with Crippen molar-refractivity contribution in [1.29, 1.82) is 0 Å². The largest absolute Gasteiger partial charge is 0.448 e. The van der Waals surface area contributed by atoms with Crippen molar-refractivity contribution in [3.8, 4) is 11.1 Å². The Labute approximate surface area is 304 Å². The Morgan fingerprint density at radius 3 is 2.33 bits per heavy atom. The van der Waals surface area contributed by atoms with Crippen LogP contribution in [-0.2, 0) is 27.3 Å². The molecule has 2 aliphatic rings. The number of hydrogen-bond donors (Lipinski definition) is 3. The monoisotopic (exact) mass is 708 g/mol. The SMILES string of the molecule is C[C@@H](C(=O)N[C@H](C(=O)N1CCC[C@H]1Cn1nnnc1NCCc1ccccc1)C(C)(C)CO)N(C)C(=O)OCC1c2ccccc2-c2ccccc21. The number of aromatic nitrogens is 4. The normalized spacial score (nSPS) is 16.5. The summed E-state index contributed by atoms with van der Waals surface area (Å²) in [5, 5.41) is 28.7. The van der Waals surface area contributed by atoms with Crippen LogP contribution in [-0.4, -0.2) is 104 Å². The third kappa shape index (κ3) is 7.79. The van der Waals surface area contributed by atoms with Crippen LogP contribution in [0.15, 0.2) is 78.9 Å². The maximum Gasteiger partial charge on any atom is 0.410 e. The molecule has 1 fully saturated rings. The molecule has 3 aromatic carbocycles. The molecule has 0 spiro atoms. The Bertz CT molecular complexity index is 1820. The number of nitrogens with one attached hydrogen (secondary N) is 2. The van der Waals surface area contributed by atoms with Gasteiger partial charge in [0.05, 0.1) is 19.2 Å². The van der Waals surface area contributed by atoms with E-state index in [1.807, 2.05) is 54.6 Å². The standard InChI is InChI=1S/C39H48N8O5/c1-26(45(4)38(51)52-24-33-31-18-10-8-16-29(31)30-17-9-11-19-32(30)33)35(49)41-34(39(2,3)25-48)36(50)46-22-12-15-28(46)23-47-37(42-43-44-47)40-21-20-27-13-6-5-7-14-27/h5-11,13-14,16-19,26,28,33-34,48H,12,15,20-25H2,1-4H3,(H,41,49)(H,40,42,44)/t26-,28-,34+/m0/s1. The molecular weight excluding hydrogens is 660 g/mol. The summed E-state index contributed by atoms with van der Waals surface area (Å²) in [6.07, 6.45) is 1.66. The molecule has 3 amide bonds. The second-order valence-corrected chi connectivity index (χ2v) is 14.4. The number of likely N-dealkylation sites (N-methyl/N-ethyl adjacent to an activating group) is 1. The summed E-state index contributed by atoms with van der Waals surface area (Å²) in [5.74, 6) is -0.445. The van der Waals surface area contributed by atoms with Crippen molar-refractivity contribution in [3.63, 3.8) is 0 Å². The van der Waals surface area contributed by atoms with E-state index in [2.05, 4.69) is 50.4 Å². The quantitative estimate of drug-likeness (QED) is 0.176. The van der Waals surface area contributed by atoms with Crippen LogP contribution < -0.4 is 10.6 Å². The van der Waals surface area contributed by atoms with Crippen LogP contribution in [0.4, 0.5) is 10.7 Å². The molecule has 0 bridgehead atoms. The Kier molecular flexibility index (Phi) is 11.2. The van der Waals surface area contributed by atoms with Gasteiger partial charge in [0.15, 0.2) is 0 Å². The van der Waals surface area contributed by atoms with Gasteiger partial charge in [0.25, 0.3) is 0 Å². The van der Waals surface area contributed by atoms with Gasteiger partial charge in [0.2, 0.25) is 17.8 Å². The van der Waals surface area contributed by atoms with Gasteiger partial charge in [-0.1, -0.05) is 97.8 Å². The molecule has 3 N–H and O–H groups in total. The van der Waals surface area contributed by atoms with Crippen molar-refractivity contribution in [2.24, 2.45) is 5.41 Å². The lowest BCUT2D eigenvalue weighted by Gasteiger charge is -2.37. The summed E-state index contributed by atoms with van der Waals surface area (Å²) < 4.78 is 7.45. The number of tetrazole rings is 1. The number of carbonyl (C=O) groups excluding carboxylic acids is 3. The summed E-state index contributed by atoms with van der Waals surface area (Å²) in [5.41, 5.74) is 4.62. The van der Waals surface area contributed by atoms with E-state index in [4.69, 9.17) is 4.74 Å². The third-order valence-corrected chi connectivity index (χ3v) is 10.4. The first kappa shape index (κ1) is 36.5. The van der Waals surface area contributed by atoms with E-state index in [-0.39, 0.29) is 31.1 Å². The number of carbonyl (C=O) groups is 3. The number of nitrogens with zero attached hydrogens (tertiary/aromatic N) is 6. The van der Waals surface area contributed by atoms with Gasteiger partial charge in [-0.25, -0.2) is 9.48 Å². The second-order valence-electron chi connectivity index (χ2n) is 14.4. The number of fused-ring (bicyclic) bond motifs is 3. The van der Waals surface area contributed by atoms with Crippen LogP contribution >= 0.6 is 0 Å². The minimum Gasteiger partial charge on any atom is -0.448 e. The molecule has 13 heteroatoms. The van der Waals surface area contributed by atoms with Crippen LogP contribution in [0.2, 0.25) is 0 Å². The number of aliphatic hydroxyl groups excluding tert-OH is 1. The van der Waals surface area contributed by atoms with E-state index < -0.39 is 29.5 Å². The van der Waals surface area contributed by atoms with Crippen molar-refractivity contribution in [2.45, 2.75) is 70.6 Å². The molecule has 2 heterocycles. The maximum atomic E-state index is 14.2. The van der Waals surface area contributed by atoms with Gasteiger partial charge in [-0.05, 0) is 64.4 Å². The molecule has 0 saturated carbocycles. The lowest BCUT2D eigenvalue weighted by molar-refractivity contribution is -0.142. The predicted molar refractivity (Wildman–Crippen MR) is 196 cm³/mol. The first-order chi connectivity index (χ1) is 25.1. The van der Waals surface area contributed by atoms with E-state index in [0.29, 0.717) is 25.6 Å². The highest BCUT2D eigenvalue weighted by Gasteiger charge is 2.43. The Morgan fingerprint density at radius 1 is 1.00 bits per heavy atom. The fraction of sp³-hybridized carbons (Fsp3) is 0.436. The van der Waals surface area contributed by atoms with E-state index in [1.165, 1.54) is 17.5 Å². The van der Waals surface area contributed by atoms with Crippen LogP contribution in [0.1, 0.15) is 56.2 Å². The van der Waals surface area contributed by atoms with Crippen LogP contribution in [0.25, 0.3) is 11.1 Å². The topological polar surface area (TPSA) is 155 Å². The van der Waals surface area contributed by atoms with E-state index in [1.54, 1.807) is 30.4 Å². The number of aliphatic hydroxyl groups is 1. The zero-order chi connectivity index (χ0) is 36.8. The smallest absolute Gasteiger partial charge is 0.410 e. The molecule has 52 heavy (non-hydrogen) atoms. The molecule has 1 aliphatic heterocycles. The van der Waals surface area contributed by atoms with Crippen molar-refractivity contribution in [3.05, 3.63) is 95.6 Å². The number of hydrogen-bond acceptors (Lipinski definition) is 9. The molecule has 1 aliphatic carbocycles. The fourth-order valence-corrected chi connectivity index (χ4v) is 7.07. The summed E-state index contributed by atoms with van der Waals surface area (Å²) in [6, 6.07) is 24.1. The summed E-state index contributed by atoms with van der Waals surface area (Å²) in [4.78, 5) is 44.2. The molecule has 13 nitrogen and oxygen atoms in total. The van der Waals surface area contributed by atoms with Gasteiger partial charge >= 0.3 is 6.09 Å². The number of amides is 3. The van der Waals surface area contributed by atoms with Crippen molar-refractivity contribution in [2.75, 3.05) is 38.7 Å². The summed E-state index contributed by atoms with van der Waals surface area (Å²) in [7, 11) is 1.51. The second kappa shape index (κ2) is 15.9. The molecule has 4 aromatic rings. The lowest BCUT2D eigenvalue weighted by atomic mass is 9.84. The van der Waals surface area contributed by atoms with E-state index in [9.17, 15) is 19.5 Å². The maximum absolute atomic E-state index is 14.2. The molecule has 3 atom stereocenters. The summed E-state index contributed by atoms with van der Waals surface area (Å²) >= 11 is 0. The summed E-state index contributed by atoms with van der Waals surface area (Å²) in [6.45, 7) is 6.33. The fourth-order valence-electron chi connectivity index (χ4n) is 7.07.